The van der Waals surface area contributed by atoms with Crippen molar-refractivity contribution in [1.29, 1.82) is 0 Å². The van der Waals surface area contributed by atoms with Gasteiger partial charge in [-0.1, -0.05) is 16.8 Å². The number of hydrogen-bond donors (Lipinski definition) is 0. The minimum absolute atomic E-state index is 0.200. The van der Waals surface area contributed by atoms with E-state index in [0.717, 1.165) is 48.1 Å². The van der Waals surface area contributed by atoms with Crippen molar-refractivity contribution in [3.63, 3.8) is 0 Å². The van der Waals surface area contributed by atoms with Crippen LogP contribution < -0.4 is 4.74 Å². The highest BCUT2D eigenvalue weighted by molar-refractivity contribution is 6.30. The Balaban J connectivity index is 1.82. The van der Waals surface area contributed by atoms with Crippen molar-refractivity contribution in [3.8, 4) is 5.75 Å². The highest BCUT2D eigenvalue weighted by atomic mass is 35.5. The number of ether oxygens (including phenoxy) is 1. The summed E-state index contributed by atoms with van der Waals surface area (Å²) in [5.41, 5.74) is 1.08. The maximum absolute atomic E-state index is 6.10. The summed E-state index contributed by atoms with van der Waals surface area (Å²) in [6.45, 7) is 3.59. The van der Waals surface area contributed by atoms with E-state index >= 15 is 0 Å². The molecule has 1 unspecified atom stereocenters. The summed E-state index contributed by atoms with van der Waals surface area (Å²) in [4.78, 5) is 6.71. The van der Waals surface area contributed by atoms with Gasteiger partial charge in [-0.05, 0) is 37.6 Å². The van der Waals surface area contributed by atoms with Gasteiger partial charge >= 0.3 is 0 Å². The quantitative estimate of drug-likeness (QED) is 0.866. The number of nitrogens with zero attached hydrogens (tertiary/aromatic N) is 3. The van der Waals surface area contributed by atoms with E-state index in [4.69, 9.17) is 20.9 Å². The van der Waals surface area contributed by atoms with Crippen LogP contribution in [0.15, 0.2) is 22.7 Å². The Labute approximate surface area is 128 Å². The first-order chi connectivity index (χ1) is 10.2. The molecule has 0 radical (unpaired) electrons. The number of rotatable bonds is 4. The van der Waals surface area contributed by atoms with Crippen molar-refractivity contribution in [2.45, 2.75) is 32.4 Å². The van der Waals surface area contributed by atoms with Crippen LogP contribution in [-0.2, 0) is 6.54 Å². The van der Waals surface area contributed by atoms with Crippen LogP contribution in [0.25, 0.3) is 0 Å². The summed E-state index contributed by atoms with van der Waals surface area (Å²) in [5.74, 6) is 2.23. The number of aromatic nitrogens is 2. The number of aryl methyl sites for hydroxylation is 1. The summed E-state index contributed by atoms with van der Waals surface area (Å²) < 4.78 is 10.5. The first-order valence-electron chi connectivity index (χ1n) is 7.04. The van der Waals surface area contributed by atoms with Crippen LogP contribution in [0.2, 0.25) is 5.02 Å². The highest BCUT2D eigenvalue weighted by Crippen LogP contribution is 2.33. The monoisotopic (exact) mass is 307 g/mol. The van der Waals surface area contributed by atoms with E-state index in [0.29, 0.717) is 5.89 Å². The maximum atomic E-state index is 6.10. The van der Waals surface area contributed by atoms with Crippen LogP contribution in [0.3, 0.4) is 0 Å². The van der Waals surface area contributed by atoms with Crippen molar-refractivity contribution in [2.75, 3.05) is 13.7 Å². The third kappa shape index (κ3) is 3.04. The number of likely N-dealkylation sites (tertiary alicyclic amines) is 1. The average molecular weight is 308 g/mol. The molecule has 0 saturated carbocycles. The second kappa shape index (κ2) is 6.03. The van der Waals surface area contributed by atoms with E-state index in [1.807, 2.05) is 25.1 Å². The lowest BCUT2D eigenvalue weighted by atomic mass is 10.1. The van der Waals surface area contributed by atoms with Gasteiger partial charge in [-0.2, -0.15) is 4.98 Å². The fraction of sp³-hybridized carbons (Fsp3) is 0.467. The summed E-state index contributed by atoms with van der Waals surface area (Å²) >= 11 is 6.10. The predicted octanol–water partition coefficient (Wildman–Crippen LogP) is 3.38. The molecule has 0 N–H and O–H groups in total. The van der Waals surface area contributed by atoms with Gasteiger partial charge in [0, 0.05) is 24.1 Å². The standard InChI is InChI=1S/C15H18ClN3O2/c1-10-17-15(18-21-10)13-4-3-7-19(13)9-11-8-12(16)5-6-14(11)20-2/h5-6,8,13H,3-4,7,9H2,1-2H3. The number of benzene rings is 1. The van der Waals surface area contributed by atoms with E-state index in [9.17, 15) is 0 Å². The molecule has 0 spiro atoms. The van der Waals surface area contributed by atoms with Crippen LogP contribution in [-0.4, -0.2) is 28.7 Å². The zero-order valence-corrected chi connectivity index (χ0v) is 12.9. The molecule has 1 aliphatic heterocycles. The molecule has 1 atom stereocenters. The molecule has 6 heteroatoms. The lowest BCUT2D eigenvalue weighted by molar-refractivity contribution is 0.231. The number of hydrogen-bond acceptors (Lipinski definition) is 5. The molecule has 0 bridgehead atoms. The summed E-state index contributed by atoms with van der Waals surface area (Å²) in [7, 11) is 1.68. The third-order valence-electron chi connectivity index (χ3n) is 3.82. The van der Waals surface area contributed by atoms with Crippen LogP contribution >= 0.6 is 11.6 Å². The van der Waals surface area contributed by atoms with Gasteiger partial charge in [0.15, 0.2) is 5.82 Å². The van der Waals surface area contributed by atoms with Gasteiger partial charge in [0.1, 0.15) is 5.75 Å². The van der Waals surface area contributed by atoms with E-state index in [-0.39, 0.29) is 6.04 Å². The molecule has 1 aliphatic rings. The molecule has 3 rings (SSSR count). The molecule has 5 nitrogen and oxygen atoms in total. The number of methoxy groups -OCH3 is 1. The molecule has 1 saturated heterocycles. The van der Waals surface area contributed by atoms with Crippen molar-refractivity contribution >= 4 is 11.6 Å². The molecular formula is C15H18ClN3O2. The molecule has 2 aromatic rings. The van der Waals surface area contributed by atoms with Crippen molar-refractivity contribution in [2.24, 2.45) is 0 Å². The largest absolute Gasteiger partial charge is 0.496 e. The molecule has 112 valence electrons. The third-order valence-corrected chi connectivity index (χ3v) is 4.06. The van der Waals surface area contributed by atoms with Crippen molar-refractivity contribution in [3.05, 3.63) is 40.5 Å². The topological polar surface area (TPSA) is 51.4 Å². The molecular weight excluding hydrogens is 290 g/mol. The Morgan fingerprint density at radius 3 is 3.05 bits per heavy atom. The van der Waals surface area contributed by atoms with Gasteiger partial charge in [-0.15, -0.1) is 0 Å². The highest BCUT2D eigenvalue weighted by Gasteiger charge is 2.30. The Bertz CT molecular complexity index is 629. The van der Waals surface area contributed by atoms with Crippen LogP contribution in [0.1, 0.15) is 36.2 Å². The maximum Gasteiger partial charge on any atom is 0.223 e. The lowest BCUT2D eigenvalue weighted by Gasteiger charge is -2.23. The Hall–Kier alpha value is -1.59. The summed E-state index contributed by atoms with van der Waals surface area (Å²) in [6.07, 6.45) is 2.17. The molecule has 1 aromatic heterocycles. The van der Waals surface area contributed by atoms with Gasteiger partial charge < -0.3 is 9.26 Å². The van der Waals surface area contributed by atoms with Gasteiger partial charge in [-0.3, -0.25) is 4.90 Å². The lowest BCUT2D eigenvalue weighted by Crippen LogP contribution is -2.23. The van der Waals surface area contributed by atoms with E-state index in [2.05, 4.69) is 15.0 Å². The summed E-state index contributed by atoms with van der Waals surface area (Å²) in [6, 6.07) is 5.90. The normalized spacial score (nSPS) is 19.1. The molecule has 1 aromatic carbocycles. The zero-order valence-electron chi connectivity index (χ0n) is 12.2. The second-order valence-electron chi connectivity index (χ2n) is 5.26. The first kappa shape index (κ1) is 14.4. The van der Waals surface area contributed by atoms with E-state index in [1.165, 1.54) is 0 Å². The molecule has 0 amide bonds. The van der Waals surface area contributed by atoms with Gasteiger partial charge in [0.05, 0.1) is 13.2 Å². The molecule has 2 heterocycles. The van der Waals surface area contributed by atoms with Crippen LogP contribution in [0.4, 0.5) is 0 Å². The minimum Gasteiger partial charge on any atom is -0.496 e. The van der Waals surface area contributed by atoms with E-state index in [1.54, 1.807) is 7.11 Å². The molecule has 0 aliphatic carbocycles. The SMILES string of the molecule is COc1ccc(Cl)cc1CN1CCCC1c1noc(C)n1. The van der Waals surface area contributed by atoms with Crippen LogP contribution in [0.5, 0.6) is 5.75 Å². The number of halogens is 1. The zero-order chi connectivity index (χ0) is 14.8. The fourth-order valence-electron chi connectivity index (χ4n) is 2.85. The second-order valence-corrected chi connectivity index (χ2v) is 5.69. The van der Waals surface area contributed by atoms with Crippen LogP contribution in [0, 0.1) is 6.92 Å². The van der Waals surface area contributed by atoms with Gasteiger partial charge in [0.25, 0.3) is 0 Å². The minimum atomic E-state index is 0.200. The summed E-state index contributed by atoms with van der Waals surface area (Å²) in [5, 5.41) is 4.78. The van der Waals surface area contributed by atoms with E-state index < -0.39 is 0 Å². The Morgan fingerprint density at radius 1 is 1.48 bits per heavy atom. The fourth-order valence-corrected chi connectivity index (χ4v) is 3.04. The van der Waals surface area contributed by atoms with Crippen molar-refractivity contribution in [1.82, 2.24) is 15.0 Å². The van der Waals surface area contributed by atoms with Gasteiger partial charge in [0.2, 0.25) is 5.89 Å². The van der Waals surface area contributed by atoms with Gasteiger partial charge in [-0.25, -0.2) is 0 Å². The van der Waals surface area contributed by atoms with Crippen molar-refractivity contribution < 1.29 is 9.26 Å². The predicted molar refractivity (Wildman–Crippen MR) is 79.4 cm³/mol. The molecule has 1 fully saturated rings. The molecule has 21 heavy (non-hydrogen) atoms. The first-order valence-corrected chi connectivity index (χ1v) is 7.42. The average Bonchev–Trinajstić information content (AvgIpc) is 3.08. The smallest absolute Gasteiger partial charge is 0.223 e. The Morgan fingerprint density at radius 2 is 2.33 bits per heavy atom. The Kier molecular flexibility index (Phi) is 4.12.